The van der Waals surface area contributed by atoms with Gasteiger partial charge in [-0.25, -0.2) is 0 Å². The van der Waals surface area contributed by atoms with Crippen molar-refractivity contribution in [2.75, 3.05) is 10.6 Å². The van der Waals surface area contributed by atoms with Gasteiger partial charge in [0.15, 0.2) is 10.9 Å². The molecule has 4 nitrogen and oxygen atoms in total. The van der Waals surface area contributed by atoms with Crippen molar-refractivity contribution in [2.45, 2.75) is 20.4 Å². The lowest BCUT2D eigenvalue weighted by Crippen LogP contribution is -2.20. The third kappa shape index (κ3) is 4.81. The zero-order chi connectivity index (χ0) is 17.8. The third-order valence-corrected chi connectivity index (χ3v) is 4.19. The number of thiocarbonyl (C=S) groups is 1. The molecule has 0 spiro atoms. The summed E-state index contributed by atoms with van der Waals surface area (Å²) in [4.78, 5) is 0. The Morgan fingerprint density at radius 2 is 1.96 bits per heavy atom. The molecule has 3 aromatic rings. The summed E-state index contributed by atoms with van der Waals surface area (Å²) in [7, 11) is 0. The van der Waals surface area contributed by atoms with E-state index >= 15 is 0 Å². The van der Waals surface area contributed by atoms with Crippen LogP contribution in [0.15, 0.2) is 54.7 Å². The molecule has 0 saturated carbocycles. The predicted molar refractivity (Wildman–Crippen MR) is 109 cm³/mol. The molecule has 2 aromatic carbocycles. The molecule has 128 valence electrons. The van der Waals surface area contributed by atoms with Crippen LogP contribution < -0.4 is 10.6 Å². The second-order valence-corrected chi connectivity index (χ2v) is 6.77. The Bertz CT molecular complexity index is 904. The van der Waals surface area contributed by atoms with Gasteiger partial charge in [-0.1, -0.05) is 41.4 Å². The fraction of sp³-hybridized carbons (Fsp3) is 0.158. The first-order valence-electron chi connectivity index (χ1n) is 7.93. The Labute approximate surface area is 157 Å². The van der Waals surface area contributed by atoms with Crippen LogP contribution in [0.3, 0.4) is 0 Å². The number of nitrogens with zero attached hydrogens (tertiary/aromatic N) is 2. The molecule has 1 heterocycles. The summed E-state index contributed by atoms with van der Waals surface area (Å²) in [6.07, 6.45) is 1.91. The average Bonchev–Trinajstić information content (AvgIpc) is 2.97. The fourth-order valence-electron chi connectivity index (χ4n) is 2.56. The molecule has 0 saturated heterocycles. The molecule has 0 aliphatic heterocycles. The van der Waals surface area contributed by atoms with Gasteiger partial charge >= 0.3 is 0 Å². The van der Waals surface area contributed by atoms with Gasteiger partial charge in [0, 0.05) is 23.0 Å². The Morgan fingerprint density at radius 1 is 1.12 bits per heavy atom. The molecular formula is C19H19ClN4S. The van der Waals surface area contributed by atoms with E-state index in [0.29, 0.717) is 17.5 Å². The van der Waals surface area contributed by atoms with Crippen LogP contribution in [0.5, 0.6) is 0 Å². The summed E-state index contributed by atoms with van der Waals surface area (Å²) >= 11 is 11.4. The molecule has 0 amide bonds. The van der Waals surface area contributed by atoms with E-state index in [9.17, 15) is 0 Å². The van der Waals surface area contributed by atoms with E-state index < -0.39 is 0 Å². The highest BCUT2D eigenvalue weighted by molar-refractivity contribution is 7.80. The number of anilines is 2. The van der Waals surface area contributed by atoms with E-state index in [2.05, 4.69) is 41.7 Å². The molecular weight excluding hydrogens is 352 g/mol. The van der Waals surface area contributed by atoms with Gasteiger partial charge in [0.1, 0.15) is 0 Å². The summed E-state index contributed by atoms with van der Waals surface area (Å²) in [6.45, 7) is 4.77. The molecule has 0 atom stereocenters. The molecule has 0 radical (unpaired) electrons. The van der Waals surface area contributed by atoms with Crippen LogP contribution in [0, 0.1) is 13.8 Å². The van der Waals surface area contributed by atoms with Crippen LogP contribution >= 0.6 is 23.8 Å². The van der Waals surface area contributed by atoms with Crippen molar-refractivity contribution in [3.05, 3.63) is 76.4 Å². The number of benzene rings is 2. The second kappa shape index (κ2) is 7.68. The predicted octanol–water partition coefficient (Wildman–Crippen LogP) is 5.01. The number of halogens is 1. The monoisotopic (exact) mass is 370 g/mol. The van der Waals surface area contributed by atoms with Gasteiger partial charge < -0.3 is 10.6 Å². The zero-order valence-electron chi connectivity index (χ0n) is 14.1. The topological polar surface area (TPSA) is 41.9 Å². The normalized spacial score (nSPS) is 10.5. The highest BCUT2D eigenvalue weighted by atomic mass is 35.5. The van der Waals surface area contributed by atoms with Gasteiger partial charge in [0.05, 0.1) is 6.54 Å². The lowest BCUT2D eigenvalue weighted by molar-refractivity contribution is 0.690. The van der Waals surface area contributed by atoms with E-state index in [0.717, 1.165) is 21.8 Å². The standard InChI is InChI=1S/C19H19ClN4S/c1-13-6-7-17(14(2)10-13)21-19(25)22-18-8-9-24(23-18)12-15-4-3-5-16(20)11-15/h3-11H,12H2,1-2H3,(H2,21,22,23,25). The second-order valence-electron chi connectivity index (χ2n) is 5.93. The Balaban J connectivity index is 1.61. The summed E-state index contributed by atoms with van der Waals surface area (Å²) in [5, 5.41) is 12.0. The van der Waals surface area contributed by atoms with Crippen LogP contribution in [-0.4, -0.2) is 14.9 Å². The first-order valence-corrected chi connectivity index (χ1v) is 8.71. The maximum atomic E-state index is 6.02. The minimum absolute atomic E-state index is 0.514. The van der Waals surface area contributed by atoms with Crippen LogP contribution in [0.1, 0.15) is 16.7 Å². The van der Waals surface area contributed by atoms with E-state index in [4.69, 9.17) is 23.8 Å². The quantitative estimate of drug-likeness (QED) is 0.633. The summed E-state index contributed by atoms with van der Waals surface area (Å²) in [6, 6.07) is 15.8. The van der Waals surface area contributed by atoms with Crippen molar-refractivity contribution in [1.82, 2.24) is 9.78 Å². The molecule has 0 aliphatic carbocycles. The Hall–Kier alpha value is -2.37. The fourth-order valence-corrected chi connectivity index (χ4v) is 2.99. The van der Waals surface area contributed by atoms with Gasteiger partial charge in [0.2, 0.25) is 0 Å². The molecule has 6 heteroatoms. The van der Waals surface area contributed by atoms with Crippen molar-refractivity contribution in [3.63, 3.8) is 0 Å². The van der Waals surface area contributed by atoms with Crippen molar-refractivity contribution < 1.29 is 0 Å². The van der Waals surface area contributed by atoms with Crippen LogP contribution in [-0.2, 0) is 6.54 Å². The van der Waals surface area contributed by atoms with Crippen molar-refractivity contribution in [3.8, 4) is 0 Å². The first-order chi connectivity index (χ1) is 12.0. The number of nitrogens with one attached hydrogen (secondary N) is 2. The van der Waals surface area contributed by atoms with Gasteiger partial charge in [-0.3, -0.25) is 4.68 Å². The number of hydrogen-bond acceptors (Lipinski definition) is 2. The Morgan fingerprint density at radius 3 is 2.72 bits per heavy atom. The molecule has 3 rings (SSSR count). The number of rotatable bonds is 4. The molecule has 2 N–H and O–H groups in total. The zero-order valence-corrected chi connectivity index (χ0v) is 15.7. The van der Waals surface area contributed by atoms with Gasteiger partial charge in [0.25, 0.3) is 0 Å². The Kier molecular flexibility index (Phi) is 5.36. The molecule has 0 fully saturated rings. The highest BCUT2D eigenvalue weighted by Gasteiger charge is 2.05. The van der Waals surface area contributed by atoms with Crippen molar-refractivity contribution in [2.24, 2.45) is 0 Å². The van der Waals surface area contributed by atoms with E-state index in [1.807, 2.05) is 47.3 Å². The highest BCUT2D eigenvalue weighted by Crippen LogP contribution is 2.17. The molecule has 1 aromatic heterocycles. The maximum absolute atomic E-state index is 6.02. The van der Waals surface area contributed by atoms with E-state index in [-0.39, 0.29) is 0 Å². The summed E-state index contributed by atoms with van der Waals surface area (Å²) in [5.74, 6) is 0.698. The lowest BCUT2D eigenvalue weighted by Gasteiger charge is -2.11. The molecule has 25 heavy (non-hydrogen) atoms. The third-order valence-electron chi connectivity index (χ3n) is 3.75. The number of aryl methyl sites for hydroxylation is 2. The van der Waals surface area contributed by atoms with Crippen molar-refractivity contribution >= 4 is 40.4 Å². The van der Waals surface area contributed by atoms with E-state index in [1.165, 1.54) is 5.56 Å². The lowest BCUT2D eigenvalue weighted by atomic mass is 10.1. The largest absolute Gasteiger partial charge is 0.332 e. The number of hydrogen-bond donors (Lipinski definition) is 2. The molecule has 0 unspecified atom stereocenters. The number of aromatic nitrogens is 2. The van der Waals surface area contributed by atoms with E-state index in [1.54, 1.807) is 0 Å². The average molecular weight is 371 g/mol. The van der Waals surface area contributed by atoms with Crippen LogP contribution in [0.2, 0.25) is 5.02 Å². The van der Waals surface area contributed by atoms with Gasteiger partial charge in [-0.05, 0) is 55.4 Å². The summed E-state index contributed by atoms with van der Waals surface area (Å²) < 4.78 is 1.84. The maximum Gasteiger partial charge on any atom is 0.176 e. The van der Waals surface area contributed by atoms with Crippen LogP contribution in [0.4, 0.5) is 11.5 Å². The van der Waals surface area contributed by atoms with Gasteiger partial charge in [-0.15, -0.1) is 0 Å². The summed E-state index contributed by atoms with van der Waals surface area (Å²) in [5.41, 5.74) is 4.46. The SMILES string of the molecule is Cc1ccc(NC(=S)Nc2ccn(Cc3cccc(Cl)c3)n2)c(C)c1. The van der Waals surface area contributed by atoms with Gasteiger partial charge in [-0.2, -0.15) is 5.10 Å². The van der Waals surface area contributed by atoms with Crippen molar-refractivity contribution in [1.29, 1.82) is 0 Å². The minimum Gasteiger partial charge on any atom is -0.332 e. The molecule has 0 bridgehead atoms. The minimum atomic E-state index is 0.514. The first kappa shape index (κ1) is 17.5. The molecule has 0 aliphatic rings. The smallest absolute Gasteiger partial charge is 0.176 e. The van der Waals surface area contributed by atoms with Crippen LogP contribution in [0.25, 0.3) is 0 Å².